The molecule has 1 aliphatic rings. The Balaban J connectivity index is 2.09. The molecule has 3 nitrogen and oxygen atoms in total. The van der Waals surface area contributed by atoms with E-state index in [0.29, 0.717) is 5.92 Å². The van der Waals surface area contributed by atoms with Crippen LogP contribution in [-0.2, 0) is 13.0 Å². The lowest BCUT2D eigenvalue weighted by Crippen LogP contribution is -2.35. The van der Waals surface area contributed by atoms with Crippen molar-refractivity contribution in [2.24, 2.45) is 5.92 Å². The summed E-state index contributed by atoms with van der Waals surface area (Å²) in [4.78, 5) is 8.24. The zero-order chi connectivity index (χ0) is 12.6. The van der Waals surface area contributed by atoms with Gasteiger partial charge < -0.3 is 10.3 Å². The van der Waals surface area contributed by atoms with Crippen molar-refractivity contribution in [1.82, 2.24) is 15.3 Å². The molecule has 3 heteroatoms. The number of nitrogens with one attached hydrogen (secondary N) is 2. The molecule has 0 aliphatic heterocycles. The van der Waals surface area contributed by atoms with Crippen molar-refractivity contribution in [2.75, 3.05) is 0 Å². The third-order valence-electron chi connectivity index (χ3n) is 3.42. The fraction of sp³-hybridized carbons (Fsp3) is 0.786. The molecule has 2 atom stereocenters. The first-order chi connectivity index (χ1) is 7.85. The predicted molar refractivity (Wildman–Crippen MR) is 71.1 cm³/mol. The van der Waals surface area contributed by atoms with Crippen LogP contribution in [0, 0.1) is 5.92 Å². The van der Waals surface area contributed by atoms with Gasteiger partial charge in [-0.2, -0.15) is 0 Å². The number of hydrogen-bond acceptors (Lipinski definition) is 2. The highest BCUT2D eigenvalue weighted by Gasteiger charge is 2.25. The second kappa shape index (κ2) is 4.45. The minimum absolute atomic E-state index is 0.145. The molecular weight excluding hydrogens is 210 g/mol. The quantitative estimate of drug-likeness (QED) is 0.827. The Hall–Kier alpha value is -0.830. The fourth-order valence-corrected chi connectivity index (χ4v) is 2.62. The Morgan fingerprint density at radius 3 is 2.71 bits per heavy atom. The first kappa shape index (κ1) is 12.6. The molecular formula is C14H25N3. The molecule has 2 unspecified atom stereocenters. The molecule has 17 heavy (non-hydrogen) atoms. The van der Waals surface area contributed by atoms with Crippen molar-refractivity contribution in [3.8, 4) is 0 Å². The molecule has 0 fully saturated rings. The van der Waals surface area contributed by atoms with E-state index in [-0.39, 0.29) is 5.54 Å². The maximum Gasteiger partial charge on any atom is 0.120 e. The number of hydrogen-bond donors (Lipinski definition) is 2. The monoisotopic (exact) mass is 235 g/mol. The highest BCUT2D eigenvalue weighted by Crippen LogP contribution is 2.32. The standard InChI is InChI=1S/C14H25N3/c1-9-6-10(2)13-11(7-9)16-12(17-13)8-15-14(3,4)5/h9-10,15H,6-8H2,1-5H3,(H,16,17). The summed E-state index contributed by atoms with van der Waals surface area (Å²) < 4.78 is 0. The maximum atomic E-state index is 4.75. The molecule has 0 aromatic carbocycles. The van der Waals surface area contributed by atoms with E-state index < -0.39 is 0 Å². The number of aromatic amines is 1. The van der Waals surface area contributed by atoms with Crippen LogP contribution in [0.25, 0.3) is 0 Å². The average molecular weight is 235 g/mol. The van der Waals surface area contributed by atoms with E-state index in [1.165, 1.54) is 17.8 Å². The zero-order valence-electron chi connectivity index (χ0n) is 11.7. The number of rotatable bonds is 2. The van der Waals surface area contributed by atoms with Crippen molar-refractivity contribution in [2.45, 2.75) is 65.5 Å². The summed E-state index contributed by atoms with van der Waals surface area (Å²) in [6.45, 7) is 12.0. The molecule has 0 amide bonds. The van der Waals surface area contributed by atoms with Gasteiger partial charge in [0.15, 0.2) is 0 Å². The summed E-state index contributed by atoms with van der Waals surface area (Å²) in [5.74, 6) is 2.47. The third-order valence-corrected chi connectivity index (χ3v) is 3.42. The van der Waals surface area contributed by atoms with Gasteiger partial charge in [-0.05, 0) is 39.5 Å². The summed E-state index contributed by atoms with van der Waals surface area (Å²) in [6.07, 6.45) is 2.42. The Morgan fingerprint density at radius 1 is 1.35 bits per heavy atom. The van der Waals surface area contributed by atoms with Gasteiger partial charge in [-0.15, -0.1) is 0 Å². The molecule has 1 aromatic rings. The lowest BCUT2D eigenvalue weighted by Gasteiger charge is -2.22. The molecule has 0 bridgehead atoms. The summed E-state index contributed by atoms with van der Waals surface area (Å²) in [6, 6.07) is 0. The van der Waals surface area contributed by atoms with E-state index in [1.54, 1.807) is 0 Å². The Morgan fingerprint density at radius 2 is 2.06 bits per heavy atom. The average Bonchev–Trinajstić information content (AvgIpc) is 2.56. The minimum atomic E-state index is 0.145. The second-order valence-corrected chi connectivity index (χ2v) is 6.60. The highest BCUT2D eigenvalue weighted by molar-refractivity contribution is 5.22. The van der Waals surface area contributed by atoms with Crippen molar-refractivity contribution >= 4 is 0 Å². The van der Waals surface area contributed by atoms with E-state index in [9.17, 15) is 0 Å². The predicted octanol–water partition coefficient (Wildman–Crippen LogP) is 2.98. The van der Waals surface area contributed by atoms with Crippen LogP contribution in [0.4, 0.5) is 0 Å². The van der Waals surface area contributed by atoms with Crippen LogP contribution in [0.3, 0.4) is 0 Å². The van der Waals surface area contributed by atoms with Crippen molar-refractivity contribution < 1.29 is 0 Å². The highest BCUT2D eigenvalue weighted by atomic mass is 15.0. The Labute approximate surface area is 104 Å². The van der Waals surface area contributed by atoms with Crippen molar-refractivity contribution in [1.29, 1.82) is 0 Å². The van der Waals surface area contributed by atoms with Crippen molar-refractivity contribution in [3.05, 3.63) is 17.2 Å². The van der Waals surface area contributed by atoms with Crippen LogP contribution in [0.2, 0.25) is 0 Å². The molecule has 1 heterocycles. The van der Waals surface area contributed by atoms with Gasteiger partial charge in [-0.1, -0.05) is 13.8 Å². The van der Waals surface area contributed by atoms with Gasteiger partial charge >= 0.3 is 0 Å². The minimum Gasteiger partial charge on any atom is -0.345 e. The van der Waals surface area contributed by atoms with Crippen LogP contribution >= 0.6 is 0 Å². The van der Waals surface area contributed by atoms with Gasteiger partial charge in [0.05, 0.1) is 12.2 Å². The van der Waals surface area contributed by atoms with Crippen LogP contribution < -0.4 is 5.32 Å². The van der Waals surface area contributed by atoms with E-state index in [2.05, 4.69) is 44.9 Å². The topological polar surface area (TPSA) is 40.7 Å². The van der Waals surface area contributed by atoms with Crippen LogP contribution in [-0.4, -0.2) is 15.5 Å². The molecule has 0 radical (unpaired) electrons. The molecule has 1 aliphatic carbocycles. The van der Waals surface area contributed by atoms with Gasteiger partial charge in [0.1, 0.15) is 5.82 Å². The van der Waals surface area contributed by atoms with Gasteiger partial charge in [-0.3, -0.25) is 0 Å². The molecule has 2 rings (SSSR count). The number of fused-ring (bicyclic) bond motifs is 1. The number of aromatic nitrogens is 2. The number of imidazole rings is 1. The van der Waals surface area contributed by atoms with E-state index >= 15 is 0 Å². The smallest absolute Gasteiger partial charge is 0.120 e. The second-order valence-electron chi connectivity index (χ2n) is 6.60. The first-order valence-corrected chi connectivity index (χ1v) is 6.68. The van der Waals surface area contributed by atoms with Crippen LogP contribution in [0.1, 0.15) is 64.2 Å². The molecule has 0 spiro atoms. The van der Waals surface area contributed by atoms with Crippen LogP contribution in [0.15, 0.2) is 0 Å². The normalized spacial score (nSPS) is 24.8. The summed E-state index contributed by atoms with van der Waals surface area (Å²) >= 11 is 0. The SMILES string of the molecule is CC1Cc2[nH]c(CNC(C)(C)C)nc2C(C)C1. The van der Waals surface area contributed by atoms with E-state index in [1.807, 2.05) is 0 Å². The number of nitrogens with zero attached hydrogens (tertiary/aromatic N) is 1. The zero-order valence-corrected chi connectivity index (χ0v) is 11.7. The van der Waals surface area contributed by atoms with Gasteiger partial charge in [-0.25, -0.2) is 4.98 Å². The summed E-state index contributed by atoms with van der Waals surface area (Å²) in [7, 11) is 0. The molecule has 0 saturated carbocycles. The lowest BCUT2D eigenvalue weighted by atomic mass is 9.84. The molecule has 96 valence electrons. The fourth-order valence-electron chi connectivity index (χ4n) is 2.62. The molecule has 0 saturated heterocycles. The Bertz CT molecular complexity index is 387. The van der Waals surface area contributed by atoms with Gasteiger partial charge in [0.2, 0.25) is 0 Å². The Kier molecular flexibility index (Phi) is 3.30. The van der Waals surface area contributed by atoms with Gasteiger partial charge in [0.25, 0.3) is 0 Å². The lowest BCUT2D eigenvalue weighted by molar-refractivity contribution is 0.418. The number of H-pyrrole nitrogens is 1. The third kappa shape index (κ3) is 3.09. The molecule has 2 N–H and O–H groups in total. The van der Waals surface area contributed by atoms with Crippen LogP contribution in [0.5, 0.6) is 0 Å². The molecule has 1 aromatic heterocycles. The first-order valence-electron chi connectivity index (χ1n) is 6.68. The summed E-state index contributed by atoms with van der Waals surface area (Å²) in [5, 5.41) is 3.48. The maximum absolute atomic E-state index is 4.75. The van der Waals surface area contributed by atoms with E-state index in [4.69, 9.17) is 4.98 Å². The van der Waals surface area contributed by atoms with Gasteiger partial charge in [0, 0.05) is 17.2 Å². The summed E-state index contributed by atoms with van der Waals surface area (Å²) in [5.41, 5.74) is 2.81. The van der Waals surface area contributed by atoms with Crippen molar-refractivity contribution in [3.63, 3.8) is 0 Å². The largest absolute Gasteiger partial charge is 0.345 e. The van der Waals surface area contributed by atoms with E-state index in [0.717, 1.165) is 24.7 Å².